The summed E-state index contributed by atoms with van der Waals surface area (Å²) >= 11 is 1.77. The van der Waals surface area contributed by atoms with E-state index in [9.17, 15) is 0 Å². The number of pyridine rings is 1. The molecule has 0 unspecified atom stereocenters. The number of nitrogens with zero attached hydrogens (tertiary/aromatic N) is 3. The zero-order chi connectivity index (χ0) is 16.4. The van der Waals surface area contributed by atoms with Crippen LogP contribution < -0.4 is 5.32 Å². The summed E-state index contributed by atoms with van der Waals surface area (Å²) in [6.07, 6.45) is 11.1. The first kappa shape index (κ1) is 15.5. The van der Waals surface area contributed by atoms with Crippen molar-refractivity contribution < 1.29 is 0 Å². The van der Waals surface area contributed by atoms with Gasteiger partial charge in [-0.25, -0.2) is 9.97 Å². The fourth-order valence-corrected chi connectivity index (χ4v) is 4.29. The molecule has 5 heteroatoms. The first-order chi connectivity index (χ1) is 11.8. The number of thiophene rings is 1. The average molecular weight is 338 g/mol. The van der Waals surface area contributed by atoms with Gasteiger partial charge in [0, 0.05) is 28.9 Å². The Morgan fingerprint density at radius 3 is 2.83 bits per heavy atom. The van der Waals surface area contributed by atoms with Gasteiger partial charge in [0.15, 0.2) is 5.82 Å². The van der Waals surface area contributed by atoms with Crippen LogP contribution >= 0.6 is 11.3 Å². The highest BCUT2D eigenvalue weighted by atomic mass is 32.1. The molecule has 1 aliphatic rings. The quantitative estimate of drug-likeness (QED) is 0.722. The maximum Gasteiger partial charge on any atom is 0.164 e. The normalized spacial score (nSPS) is 15.7. The van der Waals surface area contributed by atoms with Crippen molar-refractivity contribution in [2.45, 2.75) is 51.5 Å². The van der Waals surface area contributed by atoms with Gasteiger partial charge < -0.3 is 5.32 Å². The van der Waals surface area contributed by atoms with Crippen LogP contribution in [-0.2, 0) is 6.42 Å². The standard InChI is InChI=1S/C19H22N4S/c1-2-15-11-16-18(21-14-8-4-3-5-9-14)22-17(23-19(16)24-15)13-7-6-10-20-12-13/h6-7,10-12,14H,2-5,8-9H2,1H3,(H,21,22,23). The van der Waals surface area contributed by atoms with Gasteiger partial charge in [-0.15, -0.1) is 11.3 Å². The van der Waals surface area contributed by atoms with Gasteiger partial charge in [0.1, 0.15) is 10.6 Å². The average Bonchev–Trinajstić information content (AvgIpc) is 3.07. The maximum atomic E-state index is 4.86. The van der Waals surface area contributed by atoms with Gasteiger partial charge in [-0.1, -0.05) is 26.2 Å². The summed E-state index contributed by atoms with van der Waals surface area (Å²) in [5, 5.41) is 4.87. The van der Waals surface area contributed by atoms with Crippen LogP contribution in [0.15, 0.2) is 30.6 Å². The molecule has 0 radical (unpaired) electrons. The number of rotatable bonds is 4. The van der Waals surface area contributed by atoms with Crippen LogP contribution in [0.5, 0.6) is 0 Å². The van der Waals surface area contributed by atoms with E-state index in [-0.39, 0.29) is 0 Å². The molecule has 0 bridgehead atoms. The highest BCUT2D eigenvalue weighted by Crippen LogP contribution is 2.33. The molecular weight excluding hydrogens is 316 g/mol. The second-order valence-corrected chi connectivity index (χ2v) is 7.52. The Kier molecular flexibility index (Phi) is 4.43. The van der Waals surface area contributed by atoms with Crippen molar-refractivity contribution in [3.63, 3.8) is 0 Å². The van der Waals surface area contributed by atoms with E-state index in [1.165, 1.54) is 37.0 Å². The molecule has 3 aromatic heterocycles. The number of aryl methyl sites for hydroxylation is 1. The van der Waals surface area contributed by atoms with Gasteiger partial charge in [0.05, 0.1) is 5.39 Å². The summed E-state index contributed by atoms with van der Waals surface area (Å²) in [5.74, 6) is 1.75. The minimum absolute atomic E-state index is 0.531. The van der Waals surface area contributed by atoms with E-state index in [2.05, 4.69) is 23.3 Å². The smallest absolute Gasteiger partial charge is 0.164 e. The summed E-state index contributed by atoms with van der Waals surface area (Å²) in [7, 11) is 0. The first-order valence-corrected chi connectivity index (χ1v) is 9.62. The van der Waals surface area contributed by atoms with Crippen LogP contribution in [0.25, 0.3) is 21.6 Å². The van der Waals surface area contributed by atoms with Gasteiger partial charge in [-0.05, 0) is 37.5 Å². The van der Waals surface area contributed by atoms with Crippen molar-refractivity contribution in [3.05, 3.63) is 35.5 Å². The summed E-state index contributed by atoms with van der Waals surface area (Å²) in [6.45, 7) is 2.19. The van der Waals surface area contributed by atoms with E-state index < -0.39 is 0 Å². The summed E-state index contributed by atoms with van der Waals surface area (Å²) in [5.41, 5.74) is 0.970. The van der Waals surface area contributed by atoms with Crippen LogP contribution in [0.3, 0.4) is 0 Å². The second kappa shape index (κ2) is 6.85. The van der Waals surface area contributed by atoms with Crippen molar-refractivity contribution in [2.24, 2.45) is 0 Å². The summed E-state index contributed by atoms with van der Waals surface area (Å²) in [6, 6.07) is 6.73. The predicted octanol–water partition coefficient (Wildman–Crippen LogP) is 5.06. The van der Waals surface area contributed by atoms with Crippen molar-refractivity contribution in [1.82, 2.24) is 15.0 Å². The minimum Gasteiger partial charge on any atom is -0.367 e. The van der Waals surface area contributed by atoms with Crippen molar-refractivity contribution in [1.29, 1.82) is 0 Å². The number of hydrogen-bond acceptors (Lipinski definition) is 5. The molecule has 1 saturated carbocycles. The summed E-state index contributed by atoms with van der Waals surface area (Å²) < 4.78 is 0. The van der Waals surface area contributed by atoms with Crippen LogP contribution in [0, 0.1) is 0 Å². The fourth-order valence-electron chi connectivity index (χ4n) is 3.32. The third kappa shape index (κ3) is 3.13. The molecule has 1 fully saturated rings. The number of fused-ring (bicyclic) bond motifs is 1. The summed E-state index contributed by atoms with van der Waals surface area (Å²) in [4.78, 5) is 16.3. The molecule has 1 aliphatic carbocycles. The molecule has 24 heavy (non-hydrogen) atoms. The molecular formula is C19H22N4S. The van der Waals surface area contributed by atoms with E-state index in [1.54, 1.807) is 17.5 Å². The molecule has 124 valence electrons. The lowest BCUT2D eigenvalue weighted by Crippen LogP contribution is -2.23. The molecule has 0 aliphatic heterocycles. The Morgan fingerprint density at radius 1 is 1.21 bits per heavy atom. The molecule has 3 aromatic rings. The molecule has 1 N–H and O–H groups in total. The van der Waals surface area contributed by atoms with Crippen molar-refractivity contribution in [2.75, 3.05) is 5.32 Å². The Bertz CT molecular complexity index is 822. The van der Waals surface area contributed by atoms with E-state index in [4.69, 9.17) is 9.97 Å². The molecule has 3 heterocycles. The van der Waals surface area contributed by atoms with E-state index in [1.807, 2.05) is 18.3 Å². The van der Waals surface area contributed by atoms with Crippen LogP contribution in [-0.4, -0.2) is 21.0 Å². The van der Waals surface area contributed by atoms with E-state index in [0.717, 1.165) is 33.8 Å². The molecule has 0 atom stereocenters. The molecule has 0 spiro atoms. The second-order valence-electron chi connectivity index (χ2n) is 6.40. The van der Waals surface area contributed by atoms with Crippen LogP contribution in [0.4, 0.5) is 5.82 Å². The molecule has 4 rings (SSSR count). The number of nitrogens with one attached hydrogen (secondary N) is 1. The van der Waals surface area contributed by atoms with Gasteiger partial charge >= 0.3 is 0 Å². The SMILES string of the molecule is CCc1cc2c(NC3CCCCC3)nc(-c3cccnc3)nc2s1. The Labute approximate surface area is 146 Å². The van der Waals surface area contributed by atoms with Crippen LogP contribution in [0.2, 0.25) is 0 Å². The lowest BCUT2D eigenvalue weighted by atomic mass is 9.95. The number of hydrogen-bond donors (Lipinski definition) is 1. The van der Waals surface area contributed by atoms with Gasteiger partial charge in [0.25, 0.3) is 0 Å². The van der Waals surface area contributed by atoms with Gasteiger partial charge in [-0.2, -0.15) is 0 Å². The Balaban J connectivity index is 1.77. The highest BCUT2D eigenvalue weighted by molar-refractivity contribution is 7.18. The third-order valence-electron chi connectivity index (χ3n) is 4.66. The van der Waals surface area contributed by atoms with Crippen molar-refractivity contribution >= 4 is 27.4 Å². The Hall–Kier alpha value is -2.01. The largest absolute Gasteiger partial charge is 0.367 e. The molecule has 0 saturated heterocycles. The predicted molar refractivity (Wildman–Crippen MR) is 101 cm³/mol. The lowest BCUT2D eigenvalue weighted by molar-refractivity contribution is 0.462. The van der Waals surface area contributed by atoms with Crippen LogP contribution in [0.1, 0.15) is 43.9 Å². The maximum absolute atomic E-state index is 4.86. The lowest BCUT2D eigenvalue weighted by Gasteiger charge is -2.23. The number of anilines is 1. The van der Waals surface area contributed by atoms with Crippen molar-refractivity contribution in [3.8, 4) is 11.4 Å². The molecule has 0 aromatic carbocycles. The molecule has 0 amide bonds. The van der Waals surface area contributed by atoms with Gasteiger partial charge in [-0.3, -0.25) is 4.98 Å². The molecule has 4 nitrogen and oxygen atoms in total. The topological polar surface area (TPSA) is 50.7 Å². The minimum atomic E-state index is 0.531. The highest BCUT2D eigenvalue weighted by Gasteiger charge is 2.18. The fraction of sp³-hybridized carbons (Fsp3) is 0.421. The monoisotopic (exact) mass is 338 g/mol. The number of aromatic nitrogens is 3. The first-order valence-electron chi connectivity index (χ1n) is 8.81. The van der Waals surface area contributed by atoms with E-state index in [0.29, 0.717) is 6.04 Å². The zero-order valence-electron chi connectivity index (χ0n) is 14.0. The third-order valence-corrected chi connectivity index (χ3v) is 5.83. The Morgan fingerprint density at radius 2 is 2.08 bits per heavy atom. The van der Waals surface area contributed by atoms with Gasteiger partial charge in [0.2, 0.25) is 0 Å². The van der Waals surface area contributed by atoms with E-state index >= 15 is 0 Å². The zero-order valence-corrected chi connectivity index (χ0v) is 14.8.